The van der Waals surface area contributed by atoms with Crippen LogP contribution in [0.5, 0.6) is 5.75 Å². The molecule has 0 spiro atoms. The van der Waals surface area contributed by atoms with Crippen molar-refractivity contribution >= 4 is 23.2 Å². The fourth-order valence-electron chi connectivity index (χ4n) is 3.03. The Kier molecular flexibility index (Phi) is 10.4. The van der Waals surface area contributed by atoms with Crippen molar-refractivity contribution in [2.75, 3.05) is 50.6 Å². The molecule has 0 fully saturated rings. The van der Waals surface area contributed by atoms with Crippen LogP contribution in [-0.4, -0.2) is 56.7 Å². The number of ether oxygens (including phenoxy) is 2. The van der Waals surface area contributed by atoms with E-state index in [1.165, 1.54) is 0 Å². The van der Waals surface area contributed by atoms with Gasteiger partial charge in [0.15, 0.2) is 0 Å². The average molecular weight is 428 g/mol. The molecule has 168 valence electrons. The summed E-state index contributed by atoms with van der Waals surface area (Å²) in [5.41, 5.74) is 2.11. The molecule has 0 aliphatic carbocycles. The lowest BCUT2D eigenvalue weighted by Crippen LogP contribution is -2.32. The molecule has 0 bridgehead atoms. The minimum absolute atomic E-state index is 0.0258. The van der Waals surface area contributed by atoms with Crippen molar-refractivity contribution in [3.05, 3.63) is 54.1 Å². The monoisotopic (exact) mass is 427 g/mol. The lowest BCUT2D eigenvalue weighted by molar-refractivity contribution is -0.114. The van der Waals surface area contributed by atoms with E-state index in [0.717, 1.165) is 37.4 Å². The van der Waals surface area contributed by atoms with E-state index < -0.39 is 0 Å². The number of anilines is 2. The number of hydrogen-bond acceptors (Lipinski definition) is 5. The Balaban J connectivity index is 1.82. The fraction of sp³-hybridized carbons (Fsp3) is 0.417. The molecule has 2 aromatic rings. The normalized spacial score (nSPS) is 10.4. The predicted molar refractivity (Wildman–Crippen MR) is 124 cm³/mol. The number of carbonyl (C=O) groups is 2. The van der Waals surface area contributed by atoms with Gasteiger partial charge in [-0.1, -0.05) is 13.8 Å². The summed E-state index contributed by atoms with van der Waals surface area (Å²) in [6.07, 6.45) is 1.85. The van der Waals surface area contributed by atoms with Crippen LogP contribution in [0.2, 0.25) is 0 Å². The Morgan fingerprint density at radius 2 is 1.48 bits per heavy atom. The molecule has 0 aromatic heterocycles. The molecule has 0 saturated heterocycles. The van der Waals surface area contributed by atoms with Crippen LogP contribution in [0.25, 0.3) is 0 Å². The van der Waals surface area contributed by atoms with Gasteiger partial charge in [-0.3, -0.25) is 9.59 Å². The molecule has 0 aliphatic heterocycles. The maximum Gasteiger partial charge on any atom is 0.253 e. The van der Waals surface area contributed by atoms with Crippen molar-refractivity contribution in [3.8, 4) is 5.75 Å². The second-order valence-corrected chi connectivity index (χ2v) is 7.14. The van der Waals surface area contributed by atoms with Gasteiger partial charge in [-0.05, 0) is 61.4 Å². The first-order chi connectivity index (χ1) is 15.1. The van der Waals surface area contributed by atoms with E-state index in [0.29, 0.717) is 24.5 Å². The van der Waals surface area contributed by atoms with Gasteiger partial charge in [0, 0.05) is 37.1 Å². The summed E-state index contributed by atoms with van der Waals surface area (Å²) in [6, 6.07) is 14.4. The van der Waals surface area contributed by atoms with Crippen LogP contribution in [0.15, 0.2) is 48.5 Å². The van der Waals surface area contributed by atoms with Crippen molar-refractivity contribution in [1.29, 1.82) is 0 Å². The Morgan fingerprint density at radius 1 is 0.871 bits per heavy atom. The van der Waals surface area contributed by atoms with Gasteiger partial charge in [-0.2, -0.15) is 0 Å². The first-order valence-electron chi connectivity index (χ1n) is 10.7. The molecule has 0 atom stereocenters. The van der Waals surface area contributed by atoms with Crippen LogP contribution in [0, 0.1) is 0 Å². The smallest absolute Gasteiger partial charge is 0.253 e. The highest BCUT2D eigenvalue weighted by molar-refractivity contribution is 5.96. The lowest BCUT2D eigenvalue weighted by Gasteiger charge is -2.21. The maximum absolute atomic E-state index is 12.6. The van der Waals surface area contributed by atoms with Crippen molar-refractivity contribution in [2.24, 2.45) is 0 Å². The maximum atomic E-state index is 12.6. The summed E-state index contributed by atoms with van der Waals surface area (Å²) in [5, 5.41) is 5.92. The molecule has 0 saturated carbocycles. The Bertz CT molecular complexity index is 801. The Morgan fingerprint density at radius 3 is 2.06 bits per heavy atom. The average Bonchev–Trinajstić information content (AvgIpc) is 2.78. The highest BCUT2D eigenvalue weighted by Crippen LogP contribution is 2.16. The van der Waals surface area contributed by atoms with E-state index in [2.05, 4.69) is 24.5 Å². The zero-order chi connectivity index (χ0) is 22.5. The highest BCUT2D eigenvalue weighted by atomic mass is 16.5. The molecule has 0 aliphatic rings. The quantitative estimate of drug-likeness (QED) is 0.472. The number of benzene rings is 2. The van der Waals surface area contributed by atoms with E-state index in [9.17, 15) is 9.59 Å². The van der Waals surface area contributed by atoms with Gasteiger partial charge in [0.1, 0.15) is 12.4 Å². The molecule has 2 rings (SSSR count). The molecular formula is C24H33N3O4. The first kappa shape index (κ1) is 24.2. The first-order valence-corrected chi connectivity index (χ1v) is 10.7. The largest absolute Gasteiger partial charge is 0.491 e. The standard InChI is InChI=1S/C24H33N3O4/c1-4-14-27(15-5-2)24(29)19-6-8-21(9-7-19)26-23(28)18-25-20-10-12-22(13-11-20)31-17-16-30-3/h6-13,25H,4-5,14-18H2,1-3H3,(H,26,28). The van der Waals surface area contributed by atoms with E-state index in [1.807, 2.05) is 29.2 Å². The summed E-state index contributed by atoms with van der Waals surface area (Å²) < 4.78 is 10.5. The highest BCUT2D eigenvalue weighted by Gasteiger charge is 2.14. The van der Waals surface area contributed by atoms with Gasteiger partial charge >= 0.3 is 0 Å². The number of hydrogen-bond donors (Lipinski definition) is 2. The van der Waals surface area contributed by atoms with Gasteiger partial charge in [-0.25, -0.2) is 0 Å². The SMILES string of the molecule is CCCN(CCC)C(=O)c1ccc(NC(=O)CNc2ccc(OCCOC)cc2)cc1. The van der Waals surface area contributed by atoms with Crippen molar-refractivity contribution in [3.63, 3.8) is 0 Å². The molecule has 7 nitrogen and oxygen atoms in total. The number of amides is 2. The van der Waals surface area contributed by atoms with Crippen LogP contribution >= 0.6 is 0 Å². The van der Waals surface area contributed by atoms with E-state index in [-0.39, 0.29) is 18.4 Å². The minimum Gasteiger partial charge on any atom is -0.491 e. The van der Waals surface area contributed by atoms with Crippen LogP contribution in [-0.2, 0) is 9.53 Å². The molecule has 0 heterocycles. The van der Waals surface area contributed by atoms with Crippen LogP contribution < -0.4 is 15.4 Å². The topological polar surface area (TPSA) is 79.9 Å². The minimum atomic E-state index is -0.168. The molecular weight excluding hydrogens is 394 g/mol. The number of nitrogens with zero attached hydrogens (tertiary/aromatic N) is 1. The van der Waals surface area contributed by atoms with Crippen molar-refractivity contribution in [2.45, 2.75) is 26.7 Å². The number of carbonyl (C=O) groups excluding carboxylic acids is 2. The zero-order valence-electron chi connectivity index (χ0n) is 18.6. The van der Waals surface area contributed by atoms with Gasteiger partial charge in [-0.15, -0.1) is 0 Å². The van der Waals surface area contributed by atoms with Crippen molar-refractivity contribution < 1.29 is 19.1 Å². The summed E-state index contributed by atoms with van der Waals surface area (Å²) in [4.78, 5) is 26.7. The van der Waals surface area contributed by atoms with Crippen molar-refractivity contribution in [1.82, 2.24) is 4.90 Å². The third kappa shape index (κ3) is 8.30. The molecule has 2 amide bonds. The summed E-state index contributed by atoms with van der Waals surface area (Å²) >= 11 is 0. The summed E-state index contributed by atoms with van der Waals surface area (Å²) in [5.74, 6) is 0.606. The Labute approximate surface area is 184 Å². The Hall–Kier alpha value is -3.06. The third-order valence-electron chi connectivity index (χ3n) is 4.55. The summed E-state index contributed by atoms with van der Waals surface area (Å²) in [6.45, 7) is 6.78. The van der Waals surface area contributed by atoms with E-state index >= 15 is 0 Å². The lowest BCUT2D eigenvalue weighted by atomic mass is 10.1. The molecule has 7 heteroatoms. The van der Waals surface area contributed by atoms with Crippen LogP contribution in [0.1, 0.15) is 37.0 Å². The number of nitrogens with one attached hydrogen (secondary N) is 2. The van der Waals surface area contributed by atoms with Crippen LogP contribution in [0.4, 0.5) is 11.4 Å². The van der Waals surface area contributed by atoms with Gasteiger partial charge in [0.25, 0.3) is 5.91 Å². The molecule has 0 radical (unpaired) electrons. The van der Waals surface area contributed by atoms with Gasteiger partial charge in [0.2, 0.25) is 5.91 Å². The molecule has 0 unspecified atom stereocenters. The molecule has 2 N–H and O–H groups in total. The zero-order valence-corrected chi connectivity index (χ0v) is 18.6. The third-order valence-corrected chi connectivity index (χ3v) is 4.55. The molecule has 2 aromatic carbocycles. The van der Waals surface area contributed by atoms with Gasteiger partial charge in [0.05, 0.1) is 13.2 Å². The second kappa shape index (κ2) is 13.3. The predicted octanol–water partition coefficient (Wildman–Crippen LogP) is 4.02. The van der Waals surface area contributed by atoms with Crippen LogP contribution in [0.3, 0.4) is 0 Å². The number of methoxy groups -OCH3 is 1. The van der Waals surface area contributed by atoms with E-state index in [4.69, 9.17) is 9.47 Å². The summed E-state index contributed by atoms with van der Waals surface area (Å²) in [7, 11) is 1.63. The second-order valence-electron chi connectivity index (χ2n) is 7.14. The number of rotatable bonds is 13. The fourth-order valence-corrected chi connectivity index (χ4v) is 3.03. The van der Waals surface area contributed by atoms with Gasteiger partial charge < -0.3 is 25.0 Å². The molecule has 31 heavy (non-hydrogen) atoms. The van der Waals surface area contributed by atoms with E-state index in [1.54, 1.807) is 31.4 Å².